The number of phenolic OH excluding ortho intramolecular Hbond substituents is 1. The number of carbonyl (C=O) groups is 1. The predicted octanol–water partition coefficient (Wildman–Crippen LogP) is 1.18. The van der Waals surface area contributed by atoms with E-state index in [2.05, 4.69) is 0 Å². The van der Waals surface area contributed by atoms with Crippen molar-refractivity contribution < 1.29 is 14.6 Å². The van der Waals surface area contributed by atoms with Crippen LogP contribution in [0.5, 0.6) is 11.5 Å². The van der Waals surface area contributed by atoms with E-state index in [4.69, 9.17) is 4.74 Å². The number of ether oxygens (including phenoxy) is 1. The van der Waals surface area contributed by atoms with Gasteiger partial charge in [-0.15, -0.1) is 0 Å². The molecule has 0 radical (unpaired) electrons. The molecule has 4 nitrogen and oxygen atoms in total. The van der Waals surface area contributed by atoms with E-state index in [-0.39, 0.29) is 11.7 Å². The number of methoxy groups -OCH3 is 1. The maximum absolute atomic E-state index is 11.8. The molecule has 0 bridgehead atoms. The maximum atomic E-state index is 11.8. The minimum absolute atomic E-state index is 0.121. The summed E-state index contributed by atoms with van der Waals surface area (Å²) in [7, 11) is 1.53. The second-order valence-corrected chi connectivity index (χ2v) is 3.91. The van der Waals surface area contributed by atoms with Crippen molar-refractivity contribution in [3.8, 4) is 11.5 Å². The Bertz CT molecular complexity index is 399. The lowest BCUT2D eigenvalue weighted by Gasteiger charge is -2.31. The fraction of sp³-hybridized carbons (Fsp3) is 0.417. The average Bonchev–Trinajstić information content (AvgIpc) is 2.18. The van der Waals surface area contributed by atoms with Gasteiger partial charge in [-0.1, -0.05) is 6.07 Å². The van der Waals surface area contributed by atoms with Gasteiger partial charge in [0.1, 0.15) is 11.5 Å². The summed E-state index contributed by atoms with van der Waals surface area (Å²) in [5, 5.41) is 9.29. The summed E-state index contributed by atoms with van der Waals surface area (Å²) in [6.45, 7) is 1.72. The maximum Gasteiger partial charge on any atom is 0.227 e. The Hall–Kier alpha value is -1.71. The molecule has 0 atom stereocenters. The van der Waals surface area contributed by atoms with Crippen LogP contribution in [0.25, 0.3) is 0 Å². The molecule has 1 aliphatic heterocycles. The molecular formula is C12H15NO3. The first kappa shape index (κ1) is 10.8. The van der Waals surface area contributed by atoms with Crippen LogP contribution < -0.4 is 4.74 Å². The molecule has 16 heavy (non-hydrogen) atoms. The number of aromatic hydroxyl groups is 1. The third-order valence-corrected chi connectivity index (χ3v) is 2.82. The molecule has 86 valence electrons. The van der Waals surface area contributed by atoms with Gasteiger partial charge in [-0.3, -0.25) is 4.79 Å². The van der Waals surface area contributed by atoms with Crippen LogP contribution >= 0.6 is 0 Å². The van der Waals surface area contributed by atoms with Crippen LogP contribution in [0.1, 0.15) is 12.0 Å². The molecule has 1 amide bonds. The number of hydrogen-bond acceptors (Lipinski definition) is 3. The van der Waals surface area contributed by atoms with Crippen molar-refractivity contribution in [2.45, 2.75) is 12.8 Å². The number of phenols is 1. The van der Waals surface area contributed by atoms with Crippen LogP contribution in [0.2, 0.25) is 0 Å². The van der Waals surface area contributed by atoms with Gasteiger partial charge in [0.15, 0.2) is 0 Å². The van der Waals surface area contributed by atoms with Gasteiger partial charge in [0.25, 0.3) is 0 Å². The first-order chi connectivity index (χ1) is 7.70. The number of nitrogens with zero attached hydrogens (tertiary/aromatic N) is 1. The van der Waals surface area contributed by atoms with E-state index in [0.29, 0.717) is 12.2 Å². The molecule has 1 heterocycles. The van der Waals surface area contributed by atoms with E-state index in [0.717, 1.165) is 25.1 Å². The molecule has 2 rings (SSSR count). The van der Waals surface area contributed by atoms with E-state index in [9.17, 15) is 9.90 Å². The molecular weight excluding hydrogens is 206 g/mol. The fourth-order valence-electron chi connectivity index (χ4n) is 1.72. The Morgan fingerprint density at radius 1 is 1.50 bits per heavy atom. The molecule has 0 spiro atoms. The molecule has 1 aromatic carbocycles. The van der Waals surface area contributed by atoms with E-state index in [1.165, 1.54) is 13.2 Å². The highest BCUT2D eigenvalue weighted by Gasteiger charge is 2.21. The van der Waals surface area contributed by atoms with Crippen LogP contribution in [0.15, 0.2) is 18.2 Å². The van der Waals surface area contributed by atoms with Crippen molar-refractivity contribution in [3.05, 3.63) is 23.8 Å². The van der Waals surface area contributed by atoms with Gasteiger partial charge in [-0.2, -0.15) is 0 Å². The topological polar surface area (TPSA) is 49.8 Å². The fourth-order valence-corrected chi connectivity index (χ4v) is 1.72. The van der Waals surface area contributed by atoms with E-state index in [1.54, 1.807) is 12.1 Å². The molecule has 1 saturated heterocycles. The smallest absolute Gasteiger partial charge is 0.227 e. The lowest BCUT2D eigenvalue weighted by Crippen LogP contribution is -2.42. The van der Waals surface area contributed by atoms with Crippen molar-refractivity contribution in [2.24, 2.45) is 0 Å². The second kappa shape index (κ2) is 4.43. The largest absolute Gasteiger partial charge is 0.508 e. The van der Waals surface area contributed by atoms with Gasteiger partial charge in [0.05, 0.1) is 13.5 Å². The Morgan fingerprint density at radius 2 is 2.25 bits per heavy atom. The first-order valence-electron chi connectivity index (χ1n) is 5.34. The Morgan fingerprint density at radius 3 is 2.81 bits per heavy atom. The van der Waals surface area contributed by atoms with E-state index >= 15 is 0 Å². The first-order valence-corrected chi connectivity index (χ1v) is 5.34. The van der Waals surface area contributed by atoms with Crippen LogP contribution in [0.3, 0.4) is 0 Å². The zero-order valence-corrected chi connectivity index (χ0v) is 9.27. The third-order valence-electron chi connectivity index (χ3n) is 2.82. The normalized spacial score (nSPS) is 14.4. The van der Waals surface area contributed by atoms with Crippen molar-refractivity contribution in [1.29, 1.82) is 0 Å². The number of likely N-dealkylation sites (tertiary alicyclic amines) is 1. The highest BCUT2D eigenvalue weighted by Crippen LogP contribution is 2.25. The van der Waals surface area contributed by atoms with Crippen molar-refractivity contribution in [3.63, 3.8) is 0 Å². The summed E-state index contributed by atoms with van der Waals surface area (Å²) < 4.78 is 5.13. The summed E-state index contributed by atoms with van der Waals surface area (Å²) in [6.07, 6.45) is 1.43. The van der Waals surface area contributed by atoms with Crippen LogP contribution in [0, 0.1) is 0 Å². The number of benzene rings is 1. The number of carbonyl (C=O) groups excluding carboxylic acids is 1. The van der Waals surface area contributed by atoms with E-state index in [1.807, 2.05) is 4.90 Å². The quantitative estimate of drug-likeness (QED) is 0.833. The van der Waals surface area contributed by atoms with Gasteiger partial charge in [0.2, 0.25) is 5.91 Å². The summed E-state index contributed by atoms with van der Waals surface area (Å²) in [5.74, 6) is 0.834. The number of rotatable bonds is 3. The minimum atomic E-state index is 0.121. The highest BCUT2D eigenvalue weighted by molar-refractivity contribution is 5.80. The zero-order valence-electron chi connectivity index (χ0n) is 9.27. The van der Waals surface area contributed by atoms with Crippen LogP contribution in [-0.2, 0) is 11.2 Å². The zero-order chi connectivity index (χ0) is 11.5. The van der Waals surface area contributed by atoms with Crippen LogP contribution in [-0.4, -0.2) is 36.1 Å². The summed E-state index contributed by atoms with van der Waals surface area (Å²) in [6, 6.07) is 4.83. The predicted molar refractivity (Wildman–Crippen MR) is 59.6 cm³/mol. The monoisotopic (exact) mass is 221 g/mol. The molecule has 0 aliphatic carbocycles. The van der Waals surface area contributed by atoms with Crippen molar-refractivity contribution in [1.82, 2.24) is 4.90 Å². The summed E-state index contributed by atoms with van der Waals surface area (Å²) in [4.78, 5) is 13.6. The van der Waals surface area contributed by atoms with Crippen molar-refractivity contribution >= 4 is 5.91 Å². The number of amides is 1. The van der Waals surface area contributed by atoms with E-state index < -0.39 is 0 Å². The molecule has 1 N–H and O–H groups in total. The third kappa shape index (κ3) is 2.10. The Kier molecular flexibility index (Phi) is 2.99. The van der Waals surface area contributed by atoms with Gasteiger partial charge in [-0.25, -0.2) is 0 Å². The SMILES string of the molecule is COc1cc(O)ccc1CC(=O)N1CCC1. The standard InChI is InChI=1S/C12H15NO3/c1-16-11-8-10(14)4-3-9(11)7-12(15)13-5-2-6-13/h3-4,8,14H,2,5-7H2,1H3. The molecule has 1 aromatic rings. The van der Waals surface area contributed by atoms with Gasteiger partial charge in [-0.05, 0) is 12.5 Å². The molecule has 0 aromatic heterocycles. The van der Waals surface area contributed by atoms with Crippen molar-refractivity contribution in [2.75, 3.05) is 20.2 Å². The molecule has 0 unspecified atom stereocenters. The van der Waals surface area contributed by atoms with Crippen LogP contribution in [0.4, 0.5) is 0 Å². The Balaban J connectivity index is 2.10. The highest BCUT2D eigenvalue weighted by atomic mass is 16.5. The molecule has 1 fully saturated rings. The molecule has 0 saturated carbocycles. The summed E-state index contributed by atoms with van der Waals surface area (Å²) >= 11 is 0. The molecule has 1 aliphatic rings. The molecule has 4 heteroatoms. The summed E-state index contributed by atoms with van der Waals surface area (Å²) in [5.41, 5.74) is 0.817. The Labute approximate surface area is 94.4 Å². The average molecular weight is 221 g/mol. The van der Waals surface area contributed by atoms with Gasteiger partial charge >= 0.3 is 0 Å². The lowest BCUT2D eigenvalue weighted by atomic mass is 10.1. The lowest BCUT2D eigenvalue weighted by molar-refractivity contribution is -0.133. The van der Waals surface area contributed by atoms with Gasteiger partial charge in [0, 0.05) is 24.7 Å². The number of hydrogen-bond donors (Lipinski definition) is 1. The second-order valence-electron chi connectivity index (χ2n) is 3.91. The minimum Gasteiger partial charge on any atom is -0.508 e. The van der Waals surface area contributed by atoms with Gasteiger partial charge < -0.3 is 14.7 Å².